The number of anilines is 1. The number of aryl methyl sites for hydroxylation is 1. The second-order valence-electron chi connectivity index (χ2n) is 12.3. The topological polar surface area (TPSA) is 112 Å². The average Bonchev–Trinajstić information content (AvgIpc) is 3.37. The van der Waals surface area contributed by atoms with E-state index in [0.29, 0.717) is 33.5 Å². The Kier molecular flexibility index (Phi) is 6.62. The molecule has 4 aliphatic rings. The van der Waals surface area contributed by atoms with Crippen LogP contribution in [0.4, 0.5) is 5.69 Å². The summed E-state index contributed by atoms with van der Waals surface area (Å²) in [6, 6.07) is 20.0. The monoisotopic (exact) mass is 642 g/mol. The SMILES string of the molecule is Cc1cc(C2C3=CCC4C(=O)N(c5ccc(C(=O)c6ccccc6)cc5)C(=O)C4C3CC3(Cl)C(=O)N(C)C(=O)C23Cl)ccc1O. The second kappa shape index (κ2) is 10.1. The minimum atomic E-state index is -1.88. The van der Waals surface area contributed by atoms with E-state index in [2.05, 4.69) is 0 Å². The van der Waals surface area contributed by atoms with E-state index < -0.39 is 51.1 Å². The van der Waals surface area contributed by atoms with Crippen molar-refractivity contribution in [2.75, 3.05) is 11.9 Å². The summed E-state index contributed by atoms with van der Waals surface area (Å²) in [6.45, 7) is 1.71. The van der Waals surface area contributed by atoms with E-state index in [1.165, 1.54) is 13.1 Å². The molecule has 3 fully saturated rings. The highest BCUT2D eigenvalue weighted by Gasteiger charge is 2.75. The van der Waals surface area contributed by atoms with Gasteiger partial charge in [-0.2, -0.15) is 0 Å². The molecule has 10 heteroatoms. The molecule has 2 saturated heterocycles. The van der Waals surface area contributed by atoms with E-state index in [1.807, 2.05) is 12.1 Å². The molecular formula is C35H28Cl2N2O6. The Hall–Kier alpha value is -4.27. The van der Waals surface area contributed by atoms with Crippen molar-refractivity contribution >= 4 is 58.3 Å². The molecule has 2 aliphatic carbocycles. The number of allylic oxidation sites excluding steroid dienone is 2. The lowest BCUT2D eigenvalue weighted by atomic mass is 9.56. The molecule has 0 aromatic heterocycles. The first-order valence-corrected chi connectivity index (χ1v) is 15.4. The molecule has 6 atom stereocenters. The predicted molar refractivity (Wildman–Crippen MR) is 167 cm³/mol. The fourth-order valence-electron chi connectivity index (χ4n) is 7.75. The van der Waals surface area contributed by atoms with Gasteiger partial charge in [0.05, 0.1) is 17.5 Å². The molecule has 1 saturated carbocycles. The van der Waals surface area contributed by atoms with Crippen molar-refractivity contribution in [1.29, 1.82) is 0 Å². The summed E-state index contributed by atoms with van der Waals surface area (Å²) in [4.78, 5) is 66.6. The Morgan fingerprint density at radius 1 is 0.867 bits per heavy atom. The number of ketones is 1. The molecule has 1 N–H and O–H groups in total. The van der Waals surface area contributed by atoms with Crippen LogP contribution in [0.15, 0.2) is 84.4 Å². The summed E-state index contributed by atoms with van der Waals surface area (Å²) in [6.07, 6.45) is 1.99. The standard InChI is InChI=1S/C35H28Cl2N2O6/c1-18-16-21(10-15-26(18)40)28-23-13-14-24-27(25(23)17-34(36)32(44)38(2)33(45)35(28,34)37)31(43)39(30(24)42)22-11-8-20(9-12-22)29(41)19-6-4-3-5-7-19/h3-13,15-16,24-25,27-28,40H,14,17H2,1-2H3. The lowest BCUT2D eigenvalue weighted by Crippen LogP contribution is -2.60. The molecule has 0 bridgehead atoms. The first-order valence-electron chi connectivity index (χ1n) is 14.7. The van der Waals surface area contributed by atoms with Gasteiger partial charge in [-0.25, -0.2) is 0 Å². The van der Waals surface area contributed by atoms with Gasteiger partial charge in [0, 0.05) is 24.1 Å². The molecule has 0 radical (unpaired) electrons. The van der Waals surface area contributed by atoms with Crippen LogP contribution >= 0.6 is 23.2 Å². The van der Waals surface area contributed by atoms with E-state index in [-0.39, 0.29) is 30.3 Å². The molecule has 3 aromatic rings. The van der Waals surface area contributed by atoms with E-state index >= 15 is 0 Å². The van der Waals surface area contributed by atoms with Crippen LogP contribution in [0.1, 0.15) is 45.8 Å². The van der Waals surface area contributed by atoms with Gasteiger partial charge in [-0.1, -0.05) is 54.1 Å². The van der Waals surface area contributed by atoms with Gasteiger partial charge in [0.25, 0.3) is 11.8 Å². The molecule has 0 spiro atoms. The highest BCUT2D eigenvalue weighted by atomic mass is 35.5. The third kappa shape index (κ3) is 3.95. The zero-order chi connectivity index (χ0) is 32.0. The quantitative estimate of drug-likeness (QED) is 0.183. The van der Waals surface area contributed by atoms with Crippen LogP contribution in [0.2, 0.25) is 0 Å². The number of rotatable bonds is 4. The number of benzene rings is 3. The van der Waals surface area contributed by atoms with Crippen LogP contribution in [0.25, 0.3) is 0 Å². The molecule has 6 unspecified atom stereocenters. The Labute approximate surface area is 269 Å². The zero-order valence-electron chi connectivity index (χ0n) is 24.4. The van der Waals surface area contributed by atoms with Crippen LogP contribution < -0.4 is 4.90 Å². The van der Waals surface area contributed by atoms with Gasteiger partial charge in [-0.15, -0.1) is 23.2 Å². The van der Waals surface area contributed by atoms with Gasteiger partial charge in [-0.3, -0.25) is 33.8 Å². The van der Waals surface area contributed by atoms with Crippen molar-refractivity contribution in [2.24, 2.45) is 17.8 Å². The summed E-state index contributed by atoms with van der Waals surface area (Å²) >= 11 is 14.4. The number of aromatic hydroxyl groups is 1. The van der Waals surface area contributed by atoms with Gasteiger partial charge < -0.3 is 5.11 Å². The van der Waals surface area contributed by atoms with E-state index in [4.69, 9.17) is 23.2 Å². The van der Waals surface area contributed by atoms with Gasteiger partial charge in [0.1, 0.15) is 5.75 Å². The first kappa shape index (κ1) is 29.4. The Morgan fingerprint density at radius 3 is 2.20 bits per heavy atom. The highest BCUT2D eigenvalue weighted by Crippen LogP contribution is 2.65. The van der Waals surface area contributed by atoms with E-state index in [0.717, 1.165) is 9.80 Å². The van der Waals surface area contributed by atoms with Crippen molar-refractivity contribution in [3.05, 3.63) is 107 Å². The van der Waals surface area contributed by atoms with Crippen LogP contribution in [-0.4, -0.2) is 56.2 Å². The average molecular weight is 644 g/mol. The lowest BCUT2D eigenvalue weighted by Gasteiger charge is -2.50. The van der Waals surface area contributed by atoms with Gasteiger partial charge >= 0.3 is 0 Å². The minimum Gasteiger partial charge on any atom is -0.508 e. The van der Waals surface area contributed by atoms with Crippen LogP contribution in [0, 0.1) is 24.7 Å². The zero-order valence-corrected chi connectivity index (χ0v) is 25.9. The number of hydrogen-bond donors (Lipinski definition) is 1. The van der Waals surface area contributed by atoms with Crippen molar-refractivity contribution in [1.82, 2.24) is 4.90 Å². The predicted octanol–water partition coefficient (Wildman–Crippen LogP) is 5.12. The molecular weight excluding hydrogens is 615 g/mol. The van der Waals surface area contributed by atoms with Crippen LogP contribution in [0.3, 0.4) is 0 Å². The molecule has 8 nitrogen and oxygen atoms in total. The maximum absolute atomic E-state index is 14.2. The number of carbonyl (C=O) groups excluding carboxylic acids is 5. The number of phenolic OH excluding ortho intramolecular Hbond substituents is 1. The van der Waals surface area contributed by atoms with Crippen LogP contribution in [0.5, 0.6) is 5.75 Å². The number of halogens is 2. The first-order chi connectivity index (χ1) is 21.4. The Bertz CT molecular complexity index is 1860. The van der Waals surface area contributed by atoms with Crippen molar-refractivity contribution < 1.29 is 29.1 Å². The number of fused-ring (bicyclic) bond motifs is 4. The molecule has 3 aromatic carbocycles. The van der Waals surface area contributed by atoms with Crippen molar-refractivity contribution in [2.45, 2.75) is 35.4 Å². The summed E-state index contributed by atoms with van der Waals surface area (Å²) in [7, 11) is 1.34. The fraction of sp³-hybridized carbons (Fsp3) is 0.286. The number of carbonyl (C=O) groups is 5. The van der Waals surface area contributed by atoms with Crippen molar-refractivity contribution in [3.8, 4) is 5.75 Å². The number of phenols is 1. The molecule has 7 rings (SSSR count). The summed E-state index contributed by atoms with van der Waals surface area (Å²) in [5.41, 5.74) is 3.07. The van der Waals surface area contributed by atoms with Gasteiger partial charge in [0.15, 0.2) is 15.5 Å². The maximum Gasteiger partial charge on any atom is 0.253 e. The van der Waals surface area contributed by atoms with Crippen LogP contribution in [-0.2, 0) is 19.2 Å². The highest BCUT2D eigenvalue weighted by molar-refractivity contribution is 6.53. The number of imide groups is 2. The number of likely N-dealkylation sites (tertiary alicyclic amines) is 1. The lowest BCUT2D eigenvalue weighted by molar-refractivity contribution is -0.138. The molecule has 2 heterocycles. The Morgan fingerprint density at radius 2 is 1.53 bits per heavy atom. The molecule has 45 heavy (non-hydrogen) atoms. The summed E-state index contributed by atoms with van der Waals surface area (Å²) in [5.74, 6) is -5.32. The second-order valence-corrected chi connectivity index (χ2v) is 13.5. The van der Waals surface area contributed by atoms with Gasteiger partial charge in [-0.05, 0) is 67.1 Å². The largest absolute Gasteiger partial charge is 0.508 e. The minimum absolute atomic E-state index is 0.0548. The third-order valence-electron chi connectivity index (χ3n) is 9.99. The summed E-state index contributed by atoms with van der Waals surface area (Å²) < 4.78 is 0. The molecule has 4 amide bonds. The normalized spacial score (nSPS) is 30.6. The number of hydrogen-bond acceptors (Lipinski definition) is 6. The number of amides is 4. The molecule has 2 aliphatic heterocycles. The smallest absolute Gasteiger partial charge is 0.253 e. The summed E-state index contributed by atoms with van der Waals surface area (Å²) in [5, 5.41) is 10.2. The number of nitrogens with zero attached hydrogens (tertiary/aromatic N) is 2. The van der Waals surface area contributed by atoms with E-state index in [1.54, 1.807) is 67.6 Å². The van der Waals surface area contributed by atoms with Crippen molar-refractivity contribution in [3.63, 3.8) is 0 Å². The fourth-order valence-corrected chi connectivity index (χ4v) is 8.77. The van der Waals surface area contributed by atoms with E-state index in [9.17, 15) is 29.1 Å². The maximum atomic E-state index is 14.2. The Balaban J connectivity index is 1.28. The third-order valence-corrected chi connectivity index (χ3v) is 11.4. The number of alkyl halides is 2. The molecule has 228 valence electrons. The van der Waals surface area contributed by atoms with Gasteiger partial charge in [0.2, 0.25) is 11.8 Å².